The summed E-state index contributed by atoms with van der Waals surface area (Å²) in [5.41, 5.74) is 2.78. The first-order valence-electron chi connectivity index (χ1n) is 6.85. The Morgan fingerprint density at radius 1 is 1.41 bits per heavy atom. The molecule has 1 aliphatic heterocycles. The van der Waals surface area contributed by atoms with Gasteiger partial charge in [-0.3, -0.25) is 0 Å². The number of carboxylic acids is 1. The van der Waals surface area contributed by atoms with Gasteiger partial charge in [0, 0.05) is 12.3 Å². The summed E-state index contributed by atoms with van der Waals surface area (Å²) in [5.74, 6) is 0.215. The average Bonchev–Trinajstić information content (AvgIpc) is 2.91. The molecule has 2 rings (SSSR count). The molecule has 2 N–H and O–H groups in total. The first-order chi connectivity index (χ1) is 9.90. The molecule has 1 heterocycles. The number of thiocarbonyl (C=S) groups is 1. The standard InChI is InChI=1S/C15H19NO3S2.Na.H/c1-9-6-11(7-10(2)13(9)17)8-21-15(20)16-5-3-4-12(16)14(18)19;;/h6-7,12,17H,3-5,8H2,1-2H3,(H,18,19);;. The maximum atomic E-state index is 11.2. The molecule has 0 bridgehead atoms. The van der Waals surface area contributed by atoms with Crippen LogP contribution in [0.3, 0.4) is 0 Å². The Morgan fingerprint density at radius 3 is 2.55 bits per heavy atom. The molecule has 0 aromatic heterocycles. The van der Waals surface area contributed by atoms with Gasteiger partial charge in [0.25, 0.3) is 0 Å². The van der Waals surface area contributed by atoms with Crippen molar-refractivity contribution in [3.63, 3.8) is 0 Å². The van der Waals surface area contributed by atoms with E-state index in [0.717, 1.165) is 29.7 Å². The third-order valence-electron chi connectivity index (χ3n) is 3.69. The van der Waals surface area contributed by atoms with Gasteiger partial charge in [0.15, 0.2) is 0 Å². The van der Waals surface area contributed by atoms with Crippen LogP contribution in [0.4, 0.5) is 0 Å². The number of phenolic OH excluding ortho intramolecular Hbond substituents is 1. The Morgan fingerprint density at radius 2 is 2.00 bits per heavy atom. The molecule has 0 spiro atoms. The van der Waals surface area contributed by atoms with E-state index < -0.39 is 12.0 Å². The molecular weight excluding hydrogens is 329 g/mol. The van der Waals surface area contributed by atoms with Crippen molar-refractivity contribution in [2.24, 2.45) is 0 Å². The molecule has 1 aromatic rings. The summed E-state index contributed by atoms with van der Waals surface area (Å²) < 4.78 is 0.642. The van der Waals surface area contributed by atoms with Crippen LogP contribution in [0.25, 0.3) is 0 Å². The van der Waals surface area contributed by atoms with Crippen molar-refractivity contribution in [1.29, 1.82) is 0 Å². The molecule has 1 aromatic carbocycles. The zero-order valence-electron chi connectivity index (χ0n) is 12.1. The van der Waals surface area contributed by atoms with Gasteiger partial charge in [0.05, 0.1) is 0 Å². The van der Waals surface area contributed by atoms with Crippen LogP contribution in [-0.2, 0) is 10.5 Å². The van der Waals surface area contributed by atoms with Crippen molar-refractivity contribution >= 4 is 63.8 Å². The molecule has 22 heavy (non-hydrogen) atoms. The second-order valence-corrected chi connectivity index (χ2v) is 6.93. The van der Waals surface area contributed by atoms with Crippen molar-refractivity contribution in [3.05, 3.63) is 28.8 Å². The van der Waals surface area contributed by atoms with Crippen molar-refractivity contribution in [2.75, 3.05) is 6.54 Å². The third kappa shape index (κ3) is 4.61. The number of hydrogen-bond acceptors (Lipinski definition) is 4. The van der Waals surface area contributed by atoms with Crippen LogP contribution in [0.5, 0.6) is 5.75 Å². The maximum absolute atomic E-state index is 11.2. The molecule has 116 valence electrons. The predicted molar refractivity (Wildman–Crippen MR) is 96.0 cm³/mol. The number of aryl methyl sites for hydroxylation is 2. The summed E-state index contributed by atoms with van der Waals surface area (Å²) in [6, 6.07) is 3.40. The molecule has 0 amide bonds. The van der Waals surface area contributed by atoms with Crippen LogP contribution in [0, 0.1) is 13.8 Å². The normalized spacial score (nSPS) is 17.2. The van der Waals surface area contributed by atoms with E-state index >= 15 is 0 Å². The van der Waals surface area contributed by atoms with Crippen LogP contribution in [0.2, 0.25) is 0 Å². The Hall–Kier alpha value is -0.270. The molecule has 1 fully saturated rings. The predicted octanol–water partition coefficient (Wildman–Crippen LogP) is 2.43. The number of carbonyl (C=O) groups is 1. The number of thioether (sulfide) groups is 1. The van der Waals surface area contributed by atoms with E-state index in [1.54, 1.807) is 0 Å². The number of aromatic hydroxyl groups is 1. The Kier molecular flexibility index (Phi) is 7.68. The molecule has 1 unspecified atom stereocenters. The SMILES string of the molecule is Cc1cc(CSC(=S)N2CCCC2C(=O)O)cc(C)c1O.[NaH]. The molecule has 1 saturated heterocycles. The quantitative estimate of drug-likeness (QED) is 0.646. The third-order valence-corrected chi connectivity index (χ3v) is 5.23. The minimum absolute atomic E-state index is 0. The average molecular weight is 349 g/mol. The van der Waals surface area contributed by atoms with Gasteiger partial charge < -0.3 is 15.1 Å². The van der Waals surface area contributed by atoms with Crippen molar-refractivity contribution in [3.8, 4) is 5.75 Å². The van der Waals surface area contributed by atoms with Crippen LogP contribution in [0.15, 0.2) is 12.1 Å². The number of likely N-dealkylation sites (tertiary alicyclic amines) is 1. The van der Waals surface area contributed by atoms with E-state index in [2.05, 4.69) is 0 Å². The first kappa shape index (κ1) is 19.8. The van der Waals surface area contributed by atoms with Gasteiger partial charge in [-0.1, -0.05) is 36.1 Å². The molecule has 4 nitrogen and oxygen atoms in total. The molecule has 7 heteroatoms. The van der Waals surface area contributed by atoms with Crippen molar-refractivity contribution in [2.45, 2.75) is 38.5 Å². The number of benzene rings is 1. The fourth-order valence-corrected chi connectivity index (χ4v) is 3.84. The molecule has 0 saturated carbocycles. The number of aliphatic carboxylic acids is 1. The van der Waals surface area contributed by atoms with E-state index in [1.807, 2.05) is 30.9 Å². The van der Waals surface area contributed by atoms with Crippen molar-refractivity contribution in [1.82, 2.24) is 4.90 Å². The fraction of sp³-hybridized carbons (Fsp3) is 0.467. The second kappa shape index (κ2) is 8.55. The zero-order chi connectivity index (χ0) is 15.6. The van der Waals surface area contributed by atoms with Gasteiger partial charge in [0.1, 0.15) is 16.1 Å². The van der Waals surface area contributed by atoms with Crippen LogP contribution < -0.4 is 0 Å². The van der Waals surface area contributed by atoms with E-state index in [9.17, 15) is 15.0 Å². The zero-order valence-corrected chi connectivity index (χ0v) is 13.8. The summed E-state index contributed by atoms with van der Waals surface area (Å²) in [4.78, 5) is 13.0. The summed E-state index contributed by atoms with van der Waals surface area (Å²) in [6.45, 7) is 4.46. The first-order valence-corrected chi connectivity index (χ1v) is 8.25. The van der Waals surface area contributed by atoms with Crippen molar-refractivity contribution < 1.29 is 15.0 Å². The number of phenols is 1. The number of hydrogen-bond donors (Lipinski definition) is 2. The van der Waals surface area contributed by atoms with Gasteiger partial charge in [-0.25, -0.2) is 4.79 Å². The molecule has 0 aliphatic carbocycles. The van der Waals surface area contributed by atoms with Gasteiger partial charge in [0.2, 0.25) is 0 Å². The number of rotatable bonds is 3. The van der Waals surface area contributed by atoms with Gasteiger partial charge >= 0.3 is 35.5 Å². The van der Waals surface area contributed by atoms with Crippen LogP contribution in [-0.4, -0.2) is 67.5 Å². The van der Waals surface area contributed by atoms with Gasteiger partial charge in [-0.05, 0) is 43.4 Å². The summed E-state index contributed by atoms with van der Waals surface area (Å²) in [7, 11) is 0. The molecule has 1 atom stereocenters. The van der Waals surface area contributed by atoms with E-state index in [4.69, 9.17) is 12.2 Å². The van der Waals surface area contributed by atoms with Gasteiger partial charge in [-0.15, -0.1) is 0 Å². The van der Waals surface area contributed by atoms with E-state index in [0.29, 0.717) is 22.2 Å². The number of nitrogens with zero attached hydrogens (tertiary/aromatic N) is 1. The molecule has 1 aliphatic rings. The number of carboxylic acid groups (broad SMARTS) is 1. The summed E-state index contributed by atoms with van der Waals surface area (Å²) >= 11 is 6.86. The van der Waals surface area contributed by atoms with E-state index in [1.165, 1.54) is 11.8 Å². The van der Waals surface area contributed by atoms with Gasteiger partial charge in [-0.2, -0.15) is 0 Å². The Bertz CT molecular complexity index is 557. The molecular formula is C15H20NNaO3S2. The second-order valence-electron chi connectivity index (χ2n) is 5.32. The summed E-state index contributed by atoms with van der Waals surface area (Å²) in [5, 5.41) is 19.0. The van der Waals surface area contributed by atoms with Crippen LogP contribution >= 0.6 is 24.0 Å². The van der Waals surface area contributed by atoms with E-state index in [-0.39, 0.29) is 29.6 Å². The fourth-order valence-electron chi connectivity index (χ4n) is 2.60. The Balaban J connectivity index is 0.00000242. The Labute approximate surface area is 162 Å². The monoisotopic (exact) mass is 349 g/mol. The minimum atomic E-state index is -0.799. The van der Waals surface area contributed by atoms with Crippen LogP contribution in [0.1, 0.15) is 29.5 Å². The topological polar surface area (TPSA) is 60.8 Å². The molecule has 0 radical (unpaired) electrons. The summed E-state index contributed by atoms with van der Waals surface area (Å²) in [6.07, 6.45) is 1.53.